The van der Waals surface area contributed by atoms with Crippen LogP contribution in [0.3, 0.4) is 0 Å². The number of amides is 2. The van der Waals surface area contributed by atoms with Gasteiger partial charge in [-0.2, -0.15) is 0 Å². The number of carbonyl (C=O) groups is 2. The Kier molecular flexibility index (Phi) is 6.83. The lowest BCUT2D eigenvalue weighted by molar-refractivity contribution is -0.133. The molecule has 2 heterocycles. The van der Waals surface area contributed by atoms with Crippen LogP contribution in [0.25, 0.3) is 15.8 Å². The summed E-state index contributed by atoms with van der Waals surface area (Å²) < 4.78 is 5.62. The SMILES string of the molecule is [C-]#[N+]/C(C(N)=O)=C(\Nc1ccc2oc(C)cc2c1)NC1CCCCN(Cc2ccccc2)C1=O. The fourth-order valence-corrected chi connectivity index (χ4v) is 4.17. The van der Waals surface area contributed by atoms with Gasteiger partial charge >= 0.3 is 0 Å². The average Bonchev–Trinajstić information content (AvgIpc) is 3.11. The second-order valence-electron chi connectivity index (χ2n) is 8.37. The first-order valence-corrected chi connectivity index (χ1v) is 11.2. The molecule has 1 saturated heterocycles. The van der Waals surface area contributed by atoms with Gasteiger partial charge in [0.1, 0.15) is 23.2 Å². The molecule has 4 rings (SSSR count). The smallest absolute Gasteiger partial charge is 0.288 e. The van der Waals surface area contributed by atoms with Crippen molar-refractivity contribution in [1.29, 1.82) is 0 Å². The number of fused-ring (bicyclic) bond motifs is 1. The van der Waals surface area contributed by atoms with E-state index in [1.165, 1.54) is 0 Å². The van der Waals surface area contributed by atoms with Crippen molar-refractivity contribution in [1.82, 2.24) is 10.2 Å². The summed E-state index contributed by atoms with van der Waals surface area (Å²) in [5.41, 5.74) is 7.63. The molecule has 0 radical (unpaired) electrons. The Morgan fingerprint density at radius 3 is 2.74 bits per heavy atom. The van der Waals surface area contributed by atoms with E-state index in [1.807, 2.05) is 60.4 Å². The maximum Gasteiger partial charge on any atom is 0.288 e. The third-order valence-electron chi connectivity index (χ3n) is 5.81. The van der Waals surface area contributed by atoms with Crippen LogP contribution in [-0.4, -0.2) is 29.3 Å². The van der Waals surface area contributed by atoms with E-state index in [9.17, 15) is 9.59 Å². The Morgan fingerprint density at radius 1 is 1.21 bits per heavy atom. The number of anilines is 1. The van der Waals surface area contributed by atoms with Crippen LogP contribution in [0.15, 0.2) is 70.5 Å². The van der Waals surface area contributed by atoms with Crippen molar-refractivity contribution < 1.29 is 14.0 Å². The number of benzene rings is 2. The molecule has 0 aliphatic carbocycles. The molecular formula is C26H27N5O3. The van der Waals surface area contributed by atoms with E-state index in [0.29, 0.717) is 25.2 Å². The van der Waals surface area contributed by atoms with E-state index in [-0.39, 0.29) is 17.4 Å². The van der Waals surface area contributed by atoms with Crippen LogP contribution in [0, 0.1) is 13.5 Å². The van der Waals surface area contributed by atoms with Gasteiger partial charge in [-0.15, -0.1) is 0 Å². The predicted molar refractivity (Wildman–Crippen MR) is 130 cm³/mol. The number of likely N-dealkylation sites (tertiary alicyclic amines) is 1. The maximum atomic E-state index is 13.4. The number of nitrogens with zero attached hydrogens (tertiary/aromatic N) is 2. The molecular weight excluding hydrogens is 430 g/mol. The Labute approximate surface area is 198 Å². The Balaban J connectivity index is 1.60. The van der Waals surface area contributed by atoms with E-state index < -0.39 is 11.9 Å². The molecule has 8 heteroatoms. The summed E-state index contributed by atoms with van der Waals surface area (Å²) in [5, 5.41) is 7.12. The number of hydrogen-bond donors (Lipinski definition) is 3. The summed E-state index contributed by atoms with van der Waals surface area (Å²) in [6.07, 6.45) is 2.30. The van der Waals surface area contributed by atoms with Gasteiger partial charge in [0.2, 0.25) is 5.91 Å². The van der Waals surface area contributed by atoms with Gasteiger partial charge in [0.05, 0.1) is 6.57 Å². The first-order valence-electron chi connectivity index (χ1n) is 11.2. The van der Waals surface area contributed by atoms with Crippen LogP contribution in [0.4, 0.5) is 5.69 Å². The molecule has 4 N–H and O–H groups in total. The molecule has 1 aromatic heterocycles. The normalized spacial score (nSPS) is 17.0. The summed E-state index contributed by atoms with van der Waals surface area (Å²) in [5.74, 6) is -0.0348. The van der Waals surface area contributed by atoms with Crippen molar-refractivity contribution in [3.05, 3.63) is 88.9 Å². The van der Waals surface area contributed by atoms with E-state index in [2.05, 4.69) is 15.5 Å². The molecule has 0 saturated carbocycles. The van der Waals surface area contributed by atoms with Crippen LogP contribution in [0.2, 0.25) is 0 Å². The lowest BCUT2D eigenvalue weighted by atomic mass is 10.1. The first kappa shape index (κ1) is 22.9. The highest BCUT2D eigenvalue weighted by molar-refractivity contribution is 5.95. The second-order valence-corrected chi connectivity index (χ2v) is 8.37. The zero-order chi connectivity index (χ0) is 24.1. The van der Waals surface area contributed by atoms with Crippen molar-refractivity contribution in [3.63, 3.8) is 0 Å². The Morgan fingerprint density at radius 2 is 2.00 bits per heavy atom. The Bertz CT molecular complexity index is 1270. The standard InChI is InChI=1S/C26H27N5O3/c1-17-14-19-15-20(11-12-22(19)34-17)29-25(23(28-2)24(27)32)30-21-10-6-7-13-31(26(21)33)16-18-8-4-3-5-9-18/h3-5,8-9,11-12,14-15,21,29-30H,6-7,10,13,16H2,1H3,(H2,27,32)/b25-23+. The minimum atomic E-state index is -0.868. The van der Waals surface area contributed by atoms with Gasteiger partial charge in [-0.25, -0.2) is 4.85 Å². The van der Waals surface area contributed by atoms with E-state index in [4.69, 9.17) is 16.7 Å². The lowest BCUT2D eigenvalue weighted by Gasteiger charge is -2.27. The molecule has 1 atom stereocenters. The second kappa shape index (κ2) is 10.1. The molecule has 3 aromatic rings. The number of nitrogens with two attached hydrogens (primary N) is 1. The number of carbonyl (C=O) groups excluding carboxylic acids is 2. The van der Waals surface area contributed by atoms with Crippen LogP contribution >= 0.6 is 0 Å². The van der Waals surface area contributed by atoms with Gasteiger partial charge < -0.3 is 25.7 Å². The van der Waals surface area contributed by atoms with Crippen molar-refractivity contribution in [2.24, 2.45) is 5.73 Å². The fraction of sp³-hybridized carbons (Fsp3) is 0.269. The summed E-state index contributed by atoms with van der Waals surface area (Å²) in [6, 6.07) is 16.6. The zero-order valence-corrected chi connectivity index (χ0v) is 19.0. The summed E-state index contributed by atoms with van der Waals surface area (Å²) >= 11 is 0. The van der Waals surface area contributed by atoms with Gasteiger partial charge in [-0.3, -0.25) is 9.59 Å². The zero-order valence-electron chi connectivity index (χ0n) is 19.0. The molecule has 1 unspecified atom stereocenters. The monoisotopic (exact) mass is 457 g/mol. The topological polar surface area (TPSA) is 105 Å². The molecule has 8 nitrogen and oxygen atoms in total. The van der Waals surface area contributed by atoms with Crippen molar-refractivity contribution in [2.45, 2.75) is 38.8 Å². The van der Waals surface area contributed by atoms with Gasteiger partial charge in [0, 0.05) is 24.2 Å². The van der Waals surface area contributed by atoms with E-state index in [0.717, 1.165) is 35.1 Å². The maximum absolute atomic E-state index is 13.4. The highest BCUT2D eigenvalue weighted by Gasteiger charge is 2.29. The minimum Gasteiger partial charge on any atom is -0.461 e. The van der Waals surface area contributed by atoms with Crippen molar-refractivity contribution >= 4 is 28.5 Å². The number of nitrogens with one attached hydrogen (secondary N) is 2. The minimum absolute atomic E-state index is 0.0737. The molecule has 2 aromatic carbocycles. The van der Waals surface area contributed by atoms with Gasteiger partial charge in [0.15, 0.2) is 0 Å². The molecule has 1 aliphatic heterocycles. The van der Waals surface area contributed by atoms with Crippen LogP contribution in [0.1, 0.15) is 30.6 Å². The molecule has 1 fully saturated rings. The van der Waals surface area contributed by atoms with Crippen LogP contribution in [0.5, 0.6) is 0 Å². The molecule has 0 bridgehead atoms. The molecule has 34 heavy (non-hydrogen) atoms. The van der Waals surface area contributed by atoms with E-state index >= 15 is 0 Å². The van der Waals surface area contributed by atoms with Crippen LogP contribution in [-0.2, 0) is 16.1 Å². The van der Waals surface area contributed by atoms with Crippen molar-refractivity contribution in [3.8, 4) is 0 Å². The summed E-state index contributed by atoms with van der Waals surface area (Å²) in [4.78, 5) is 30.6. The molecule has 0 spiro atoms. The lowest BCUT2D eigenvalue weighted by Crippen LogP contribution is -2.46. The molecule has 1 aliphatic rings. The highest BCUT2D eigenvalue weighted by atomic mass is 16.3. The average molecular weight is 458 g/mol. The summed E-state index contributed by atoms with van der Waals surface area (Å²) in [7, 11) is 0. The van der Waals surface area contributed by atoms with Crippen molar-refractivity contribution in [2.75, 3.05) is 11.9 Å². The molecule has 2 amide bonds. The number of primary amides is 1. The van der Waals surface area contributed by atoms with E-state index in [1.54, 1.807) is 6.07 Å². The summed E-state index contributed by atoms with van der Waals surface area (Å²) in [6.45, 7) is 10.5. The highest BCUT2D eigenvalue weighted by Crippen LogP contribution is 2.24. The quantitative estimate of drug-likeness (QED) is 0.369. The third-order valence-corrected chi connectivity index (χ3v) is 5.81. The number of aryl methyl sites for hydroxylation is 1. The Hall–Kier alpha value is -4.25. The fourth-order valence-electron chi connectivity index (χ4n) is 4.17. The number of hydrogen-bond acceptors (Lipinski definition) is 5. The van der Waals surface area contributed by atoms with Gasteiger partial charge in [-0.1, -0.05) is 30.3 Å². The third kappa shape index (κ3) is 5.21. The molecule has 174 valence electrons. The van der Waals surface area contributed by atoms with Gasteiger partial charge in [0.25, 0.3) is 11.6 Å². The first-order chi connectivity index (χ1) is 16.4. The van der Waals surface area contributed by atoms with Crippen LogP contribution < -0.4 is 16.4 Å². The predicted octanol–water partition coefficient (Wildman–Crippen LogP) is 3.90. The largest absolute Gasteiger partial charge is 0.461 e. The number of furan rings is 1. The number of rotatable bonds is 7. The van der Waals surface area contributed by atoms with Gasteiger partial charge in [-0.05, 0) is 56.0 Å².